The summed E-state index contributed by atoms with van der Waals surface area (Å²) >= 11 is 0. The van der Waals surface area contributed by atoms with Gasteiger partial charge in [0.2, 0.25) is 5.91 Å². The molecule has 2 heterocycles. The highest BCUT2D eigenvalue weighted by Crippen LogP contribution is 2.44. The Hall–Kier alpha value is -2.04. The standard InChI is InChI=1S/C21H31N3O2/c1-15-14-21(2,3)24(18-9-7-6-8-17(15)18)19(25)16-10-12-23(13-11-16)20(26)22(4)5/h6-9,15-16H,10-14H2,1-5H3/t15-/m0/s1. The van der Waals surface area contributed by atoms with E-state index in [4.69, 9.17) is 0 Å². The predicted octanol–water partition coefficient (Wildman–Crippen LogP) is 3.70. The number of anilines is 1. The van der Waals surface area contributed by atoms with E-state index in [1.54, 1.807) is 19.0 Å². The van der Waals surface area contributed by atoms with Crippen molar-refractivity contribution < 1.29 is 9.59 Å². The molecule has 0 saturated carbocycles. The fraction of sp³-hybridized carbons (Fsp3) is 0.619. The first kappa shape index (κ1) is 18.7. The van der Waals surface area contributed by atoms with Gasteiger partial charge < -0.3 is 14.7 Å². The van der Waals surface area contributed by atoms with Gasteiger partial charge in [0.15, 0.2) is 0 Å². The Morgan fingerprint density at radius 3 is 2.35 bits per heavy atom. The maximum atomic E-state index is 13.5. The van der Waals surface area contributed by atoms with Crippen molar-refractivity contribution in [2.24, 2.45) is 5.92 Å². The Morgan fingerprint density at radius 2 is 1.73 bits per heavy atom. The third-order valence-corrected chi connectivity index (χ3v) is 5.84. The monoisotopic (exact) mass is 357 g/mol. The number of benzene rings is 1. The molecule has 0 radical (unpaired) electrons. The highest BCUT2D eigenvalue weighted by atomic mass is 16.2. The van der Waals surface area contributed by atoms with Crippen molar-refractivity contribution in [1.29, 1.82) is 0 Å². The normalized spacial score (nSPS) is 22.7. The first-order valence-corrected chi connectivity index (χ1v) is 9.61. The average Bonchev–Trinajstić information content (AvgIpc) is 2.60. The molecule has 0 N–H and O–H groups in total. The van der Waals surface area contributed by atoms with Crippen LogP contribution in [0.2, 0.25) is 0 Å². The summed E-state index contributed by atoms with van der Waals surface area (Å²) in [5.41, 5.74) is 2.13. The minimum Gasteiger partial charge on any atom is -0.331 e. The Labute approximate surface area is 156 Å². The topological polar surface area (TPSA) is 43.9 Å². The Kier molecular flexibility index (Phi) is 5.00. The van der Waals surface area contributed by atoms with Crippen molar-refractivity contribution in [2.75, 3.05) is 32.1 Å². The minimum absolute atomic E-state index is 0.0121. The number of carbonyl (C=O) groups excluding carboxylic acids is 2. The molecule has 26 heavy (non-hydrogen) atoms. The first-order valence-electron chi connectivity index (χ1n) is 9.61. The predicted molar refractivity (Wildman–Crippen MR) is 104 cm³/mol. The molecule has 3 rings (SSSR count). The maximum Gasteiger partial charge on any atom is 0.319 e. The van der Waals surface area contributed by atoms with Crippen LogP contribution in [0.15, 0.2) is 24.3 Å². The molecule has 0 unspecified atom stereocenters. The third kappa shape index (κ3) is 3.31. The summed E-state index contributed by atoms with van der Waals surface area (Å²) in [6.07, 6.45) is 2.44. The van der Waals surface area contributed by atoms with Crippen LogP contribution in [0.1, 0.15) is 51.5 Å². The number of fused-ring (bicyclic) bond motifs is 1. The summed E-state index contributed by atoms with van der Waals surface area (Å²) in [6, 6.07) is 8.34. The third-order valence-electron chi connectivity index (χ3n) is 5.84. The smallest absolute Gasteiger partial charge is 0.319 e. The van der Waals surface area contributed by atoms with Gasteiger partial charge in [-0.15, -0.1) is 0 Å². The quantitative estimate of drug-likeness (QED) is 0.769. The van der Waals surface area contributed by atoms with E-state index < -0.39 is 0 Å². The number of hydrogen-bond donors (Lipinski definition) is 0. The van der Waals surface area contributed by atoms with Crippen LogP contribution in [0, 0.1) is 5.92 Å². The van der Waals surface area contributed by atoms with Gasteiger partial charge in [-0.1, -0.05) is 25.1 Å². The van der Waals surface area contributed by atoms with Crippen LogP contribution in [0.4, 0.5) is 10.5 Å². The van der Waals surface area contributed by atoms with Gasteiger partial charge in [0, 0.05) is 44.3 Å². The summed E-state index contributed by atoms with van der Waals surface area (Å²) in [5, 5.41) is 0. The van der Waals surface area contributed by atoms with Gasteiger partial charge in [0.1, 0.15) is 0 Å². The number of piperidine rings is 1. The van der Waals surface area contributed by atoms with E-state index in [2.05, 4.69) is 39.0 Å². The molecule has 1 aromatic carbocycles. The van der Waals surface area contributed by atoms with Crippen LogP contribution in [-0.4, -0.2) is 54.5 Å². The van der Waals surface area contributed by atoms with Crippen molar-refractivity contribution in [3.05, 3.63) is 29.8 Å². The summed E-state index contributed by atoms with van der Waals surface area (Å²) in [6.45, 7) is 7.89. The van der Waals surface area contributed by atoms with E-state index in [-0.39, 0.29) is 23.4 Å². The number of amides is 3. The minimum atomic E-state index is -0.193. The lowest BCUT2D eigenvalue weighted by molar-refractivity contribution is -0.125. The highest BCUT2D eigenvalue weighted by Gasteiger charge is 2.42. The van der Waals surface area contributed by atoms with Gasteiger partial charge >= 0.3 is 6.03 Å². The van der Waals surface area contributed by atoms with E-state index in [0.29, 0.717) is 19.0 Å². The summed E-state index contributed by atoms with van der Waals surface area (Å²) < 4.78 is 0. The van der Waals surface area contributed by atoms with Gasteiger partial charge in [-0.05, 0) is 50.7 Å². The van der Waals surface area contributed by atoms with Gasteiger partial charge in [0.25, 0.3) is 0 Å². The zero-order valence-corrected chi connectivity index (χ0v) is 16.7. The largest absolute Gasteiger partial charge is 0.331 e. The van der Waals surface area contributed by atoms with Crippen LogP contribution in [-0.2, 0) is 4.79 Å². The molecule has 0 aliphatic carbocycles. The Morgan fingerprint density at radius 1 is 1.12 bits per heavy atom. The highest BCUT2D eigenvalue weighted by molar-refractivity contribution is 5.98. The van der Waals surface area contributed by atoms with Crippen molar-refractivity contribution >= 4 is 17.6 Å². The number of likely N-dealkylation sites (tertiary alicyclic amines) is 1. The molecule has 1 fully saturated rings. The van der Waals surface area contributed by atoms with E-state index in [0.717, 1.165) is 24.9 Å². The number of carbonyl (C=O) groups is 2. The lowest BCUT2D eigenvalue weighted by Crippen LogP contribution is -2.55. The SMILES string of the molecule is C[C@H]1CC(C)(C)N(C(=O)C2CCN(C(=O)N(C)C)CC2)c2ccccc21. The zero-order valence-electron chi connectivity index (χ0n) is 16.7. The van der Waals surface area contributed by atoms with Crippen LogP contribution >= 0.6 is 0 Å². The van der Waals surface area contributed by atoms with Crippen LogP contribution in [0.5, 0.6) is 0 Å². The number of nitrogens with zero attached hydrogens (tertiary/aromatic N) is 3. The molecule has 3 amide bonds. The van der Waals surface area contributed by atoms with Gasteiger partial charge in [-0.25, -0.2) is 4.79 Å². The van der Waals surface area contributed by atoms with Gasteiger partial charge in [-0.3, -0.25) is 4.79 Å². The molecule has 1 atom stereocenters. The number of para-hydroxylation sites is 1. The molecule has 0 aromatic heterocycles. The molecule has 142 valence electrons. The second-order valence-electron chi connectivity index (χ2n) is 8.59. The van der Waals surface area contributed by atoms with Crippen molar-refractivity contribution in [3.8, 4) is 0 Å². The molecule has 5 nitrogen and oxygen atoms in total. The van der Waals surface area contributed by atoms with E-state index >= 15 is 0 Å². The molecule has 5 heteroatoms. The molecule has 2 aliphatic heterocycles. The van der Waals surface area contributed by atoms with E-state index in [1.165, 1.54) is 5.56 Å². The van der Waals surface area contributed by atoms with Crippen molar-refractivity contribution in [1.82, 2.24) is 9.80 Å². The van der Waals surface area contributed by atoms with Crippen LogP contribution in [0.25, 0.3) is 0 Å². The van der Waals surface area contributed by atoms with Gasteiger partial charge in [0.05, 0.1) is 0 Å². The molecular weight excluding hydrogens is 326 g/mol. The zero-order chi connectivity index (χ0) is 19.1. The number of hydrogen-bond acceptors (Lipinski definition) is 2. The van der Waals surface area contributed by atoms with Crippen LogP contribution < -0.4 is 4.90 Å². The fourth-order valence-corrected chi connectivity index (χ4v) is 4.58. The average molecular weight is 357 g/mol. The molecular formula is C21H31N3O2. The Balaban J connectivity index is 1.79. The molecule has 0 spiro atoms. The van der Waals surface area contributed by atoms with E-state index in [9.17, 15) is 9.59 Å². The Bertz CT molecular complexity index is 690. The van der Waals surface area contributed by atoms with Crippen molar-refractivity contribution in [3.63, 3.8) is 0 Å². The van der Waals surface area contributed by atoms with E-state index in [1.807, 2.05) is 15.9 Å². The van der Waals surface area contributed by atoms with Crippen LogP contribution in [0.3, 0.4) is 0 Å². The van der Waals surface area contributed by atoms with Crippen molar-refractivity contribution in [2.45, 2.75) is 51.5 Å². The summed E-state index contributed by atoms with van der Waals surface area (Å²) in [4.78, 5) is 31.1. The van der Waals surface area contributed by atoms with Gasteiger partial charge in [-0.2, -0.15) is 0 Å². The second-order valence-corrected chi connectivity index (χ2v) is 8.59. The summed E-state index contributed by atoms with van der Waals surface area (Å²) in [5.74, 6) is 0.651. The lowest BCUT2D eigenvalue weighted by atomic mass is 9.79. The number of urea groups is 1. The molecule has 2 aliphatic rings. The molecule has 0 bridgehead atoms. The number of rotatable bonds is 1. The molecule has 1 saturated heterocycles. The molecule has 1 aromatic rings. The second kappa shape index (κ2) is 6.93. The fourth-order valence-electron chi connectivity index (χ4n) is 4.58. The first-order chi connectivity index (χ1) is 12.2. The lowest BCUT2D eigenvalue weighted by Gasteiger charge is -2.48. The summed E-state index contributed by atoms with van der Waals surface area (Å²) in [7, 11) is 3.54. The maximum absolute atomic E-state index is 13.5.